The molecule has 0 spiro atoms. The minimum atomic E-state index is 0.529. The molecule has 19 heavy (non-hydrogen) atoms. The van der Waals surface area contributed by atoms with E-state index >= 15 is 0 Å². The highest BCUT2D eigenvalue weighted by Crippen LogP contribution is 2.34. The summed E-state index contributed by atoms with van der Waals surface area (Å²) in [5.74, 6) is 0. The molecule has 3 atom stereocenters. The van der Waals surface area contributed by atoms with Crippen LogP contribution >= 0.6 is 0 Å². The van der Waals surface area contributed by atoms with Crippen LogP contribution in [0, 0.1) is 0 Å². The summed E-state index contributed by atoms with van der Waals surface area (Å²) in [7, 11) is 0. The lowest BCUT2D eigenvalue weighted by atomic mass is 9.95. The molecule has 0 aromatic heterocycles. The van der Waals surface area contributed by atoms with Gasteiger partial charge in [-0.3, -0.25) is 4.84 Å². The topological polar surface area (TPSA) is 12.5 Å². The highest BCUT2D eigenvalue weighted by Gasteiger charge is 2.37. The second-order valence-electron chi connectivity index (χ2n) is 6.67. The van der Waals surface area contributed by atoms with Gasteiger partial charge in [0.15, 0.2) is 0 Å². The minimum absolute atomic E-state index is 0.529. The molecule has 0 N–H and O–H groups in total. The van der Waals surface area contributed by atoms with Gasteiger partial charge in [-0.2, -0.15) is 5.06 Å². The normalized spacial score (nSPS) is 31.6. The third-order valence-electron chi connectivity index (χ3n) is 4.89. The summed E-state index contributed by atoms with van der Waals surface area (Å²) in [6, 6.07) is 1.39. The van der Waals surface area contributed by atoms with Crippen LogP contribution in [0.2, 0.25) is 0 Å². The van der Waals surface area contributed by atoms with Crippen LogP contribution < -0.4 is 0 Å². The molecule has 2 saturated heterocycles. The molecule has 0 aliphatic carbocycles. The standard InChI is InChI=1S/C17H33NO/c1-3-4-5-6-7-8-9-13-17-14-16-12-10-11-15(2)18(16)19-17/h15-17H,3-14H2,1-2H3/t15-,16+,17+/m0/s1. The lowest BCUT2D eigenvalue weighted by Crippen LogP contribution is -2.39. The Morgan fingerprint density at radius 3 is 2.47 bits per heavy atom. The number of hydroxylamine groups is 2. The largest absolute Gasteiger partial charge is 0.295 e. The highest BCUT2D eigenvalue weighted by molar-refractivity contribution is 4.84. The van der Waals surface area contributed by atoms with Crippen LogP contribution in [-0.4, -0.2) is 23.3 Å². The Hall–Kier alpha value is -0.0800. The van der Waals surface area contributed by atoms with Crippen molar-refractivity contribution >= 4 is 0 Å². The van der Waals surface area contributed by atoms with Crippen molar-refractivity contribution in [2.24, 2.45) is 0 Å². The third kappa shape index (κ3) is 4.75. The molecule has 2 nitrogen and oxygen atoms in total. The molecule has 2 fully saturated rings. The Morgan fingerprint density at radius 2 is 1.74 bits per heavy atom. The van der Waals surface area contributed by atoms with Crippen molar-refractivity contribution < 1.29 is 4.84 Å². The molecule has 2 heteroatoms. The smallest absolute Gasteiger partial charge is 0.0809 e. The summed E-state index contributed by atoms with van der Waals surface area (Å²) in [5, 5.41) is 2.33. The summed E-state index contributed by atoms with van der Waals surface area (Å²) >= 11 is 0. The van der Waals surface area contributed by atoms with Crippen molar-refractivity contribution in [3.8, 4) is 0 Å². The predicted molar refractivity (Wildman–Crippen MR) is 81.0 cm³/mol. The first-order valence-electron chi connectivity index (χ1n) is 8.76. The molecular weight excluding hydrogens is 234 g/mol. The zero-order valence-electron chi connectivity index (χ0n) is 13.1. The number of nitrogens with zero attached hydrogens (tertiary/aromatic N) is 1. The Balaban J connectivity index is 1.53. The zero-order chi connectivity index (χ0) is 13.5. The summed E-state index contributed by atoms with van der Waals surface area (Å²) in [4.78, 5) is 6.16. The molecule has 0 aromatic rings. The van der Waals surface area contributed by atoms with Crippen molar-refractivity contribution in [3.05, 3.63) is 0 Å². The van der Waals surface area contributed by atoms with Crippen molar-refractivity contribution in [1.29, 1.82) is 0 Å². The third-order valence-corrected chi connectivity index (χ3v) is 4.89. The monoisotopic (exact) mass is 267 g/mol. The predicted octanol–water partition coefficient (Wildman–Crippen LogP) is 5.07. The van der Waals surface area contributed by atoms with Gasteiger partial charge in [-0.25, -0.2) is 0 Å². The molecule has 2 heterocycles. The Morgan fingerprint density at radius 1 is 1.00 bits per heavy atom. The summed E-state index contributed by atoms with van der Waals surface area (Å²) in [6.45, 7) is 4.61. The van der Waals surface area contributed by atoms with E-state index in [9.17, 15) is 0 Å². The summed E-state index contributed by atoms with van der Waals surface area (Å²) in [6.07, 6.45) is 17.0. The van der Waals surface area contributed by atoms with E-state index in [1.165, 1.54) is 77.0 Å². The number of hydrogen-bond donors (Lipinski definition) is 0. The molecular formula is C17H33NO. The van der Waals surface area contributed by atoms with Crippen LogP contribution in [-0.2, 0) is 4.84 Å². The molecule has 0 aromatic carbocycles. The molecule has 0 unspecified atom stereocenters. The van der Waals surface area contributed by atoms with Crippen LogP contribution in [0.15, 0.2) is 0 Å². The number of piperidine rings is 1. The van der Waals surface area contributed by atoms with E-state index in [0.29, 0.717) is 12.1 Å². The van der Waals surface area contributed by atoms with E-state index in [1.54, 1.807) is 0 Å². The molecule has 0 radical (unpaired) electrons. The summed E-state index contributed by atoms with van der Waals surface area (Å²) in [5.41, 5.74) is 0. The lowest BCUT2D eigenvalue weighted by molar-refractivity contribution is -0.197. The van der Waals surface area contributed by atoms with Gasteiger partial charge in [0.25, 0.3) is 0 Å². The number of rotatable bonds is 8. The van der Waals surface area contributed by atoms with Gasteiger partial charge in [-0.05, 0) is 32.6 Å². The van der Waals surface area contributed by atoms with Crippen LogP contribution in [0.3, 0.4) is 0 Å². The number of hydrogen-bond acceptors (Lipinski definition) is 2. The van der Waals surface area contributed by atoms with Crippen molar-refractivity contribution in [1.82, 2.24) is 5.06 Å². The van der Waals surface area contributed by atoms with Crippen molar-refractivity contribution in [2.75, 3.05) is 0 Å². The minimum Gasteiger partial charge on any atom is -0.295 e. The van der Waals surface area contributed by atoms with Crippen molar-refractivity contribution in [2.45, 2.75) is 109 Å². The van der Waals surface area contributed by atoms with Gasteiger partial charge in [0.1, 0.15) is 0 Å². The van der Waals surface area contributed by atoms with E-state index in [0.717, 1.165) is 6.04 Å². The first kappa shape index (κ1) is 15.3. The van der Waals surface area contributed by atoms with E-state index in [1.807, 2.05) is 0 Å². The van der Waals surface area contributed by atoms with Crippen LogP contribution in [0.5, 0.6) is 0 Å². The number of fused-ring (bicyclic) bond motifs is 1. The van der Waals surface area contributed by atoms with E-state index < -0.39 is 0 Å². The van der Waals surface area contributed by atoms with Gasteiger partial charge in [-0.15, -0.1) is 0 Å². The zero-order valence-corrected chi connectivity index (χ0v) is 13.1. The fraction of sp³-hybridized carbons (Fsp3) is 1.00. The Kier molecular flexibility index (Phi) is 6.66. The second kappa shape index (κ2) is 8.26. The van der Waals surface area contributed by atoms with E-state index in [2.05, 4.69) is 18.9 Å². The van der Waals surface area contributed by atoms with Crippen LogP contribution in [0.4, 0.5) is 0 Å². The fourth-order valence-corrected chi connectivity index (χ4v) is 3.69. The van der Waals surface area contributed by atoms with Crippen LogP contribution in [0.1, 0.15) is 90.9 Å². The van der Waals surface area contributed by atoms with E-state index in [-0.39, 0.29) is 0 Å². The Bertz CT molecular complexity index is 243. The SMILES string of the molecule is CCCCCCCCC[C@@H]1C[C@H]2CCC[C@H](C)N2O1. The van der Waals surface area contributed by atoms with Gasteiger partial charge in [0, 0.05) is 12.1 Å². The molecule has 0 saturated carbocycles. The number of unbranched alkanes of at least 4 members (excludes halogenated alkanes) is 6. The first-order valence-corrected chi connectivity index (χ1v) is 8.76. The van der Waals surface area contributed by atoms with E-state index in [4.69, 9.17) is 4.84 Å². The van der Waals surface area contributed by atoms with Crippen LogP contribution in [0.25, 0.3) is 0 Å². The average Bonchev–Trinajstić information content (AvgIpc) is 2.82. The second-order valence-corrected chi connectivity index (χ2v) is 6.67. The molecule has 2 rings (SSSR count). The maximum atomic E-state index is 6.16. The lowest BCUT2D eigenvalue weighted by Gasteiger charge is -2.33. The Labute approximate surface area is 119 Å². The molecule has 0 bridgehead atoms. The highest BCUT2D eigenvalue weighted by atomic mass is 16.7. The summed E-state index contributed by atoms with van der Waals surface area (Å²) < 4.78 is 0. The maximum Gasteiger partial charge on any atom is 0.0809 e. The first-order chi connectivity index (χ1) is 9.31. The molecule has 2 aliphatic heterocycles. The van der Waals surface area contributed by atoms with Gasteiger partial charge >= 0.3 is 0 Å². The molecule has 112 valence electrons. The van der Waals surface area contributed by atoms with Gasteiger partial charge in [0.05, 0.1) is 6.10 Å². The van der Waals surface area contributed by atoms with Gasteiger partial charge < -0.3 is 0 Å². The molecule has 2 aliphatic rings. The van der Waals surface area contributed by atoms with Gasteiger partial charge in [-0.1, -0.05) is 58.3 Å². The van der Waals surface area contributed by atoms with Crippen molar-refractivity contribution in [3.63, 3.8) is 0 Å². The van der Waals surface area contributed by atoms with Gasteiger partial charge in [0.2, 0.25) is 0 Å². The maximum absolute atomic E-state index is 6.16. The molecule has 0 amide bonds. The average molecular weight is 267 g/mol. The fourth-order valence-electron chi connectivity index (χ4n) is 3.69. The quantitative estimate of drug-likeness (QED) is 0.569.